The molecule has 0 aliphatic rings. The molecule has 0 heterocycles. The minimum absolute atomic E-state index is 0.0638. The van der Waals surface area contributed by atoms with Crippen molar-refractivity contribution in [2.24, 2.45) is 5.73 Å². The highest BCUT2D eigenvalue weighted by Crippen LogP contribution is 2.28. The maximum Gasteiger partial charge on any atom is 0.0641 e. The molecule has 0 radical (unpaired) electrons. The molecule has 0 aliphatic carbocycles. The van der Waals surface area contributed by atoms with E-state index < -0.39 is 0 Å². The van der Waals surface area contributed by atoms with Gasteiger partial charge in [-0.25, -0.2) is 0 Å². The number of rotatable bonds is 7. The number of hydrogen-bond donors (Lipinski definition) is 1. The molecular formula is C14H23BrN2O. The van der Waals surface area contributed by atoms with Crippen LogP contribution in [0.1, 0.15) is 32.4 Å². The first-order valence-corrected chi connectivity index (χ1v) is 7.27. The van der Waals surface area contributed by atoms with Gasteiger partial charge in [-0.2, -0.15) is 0 Å². The van der Waals surface area contributed by atoms with Gasteiger partial charge in [-0.05, 0) is 54.4 Å². The molecule has 0 amide bonds. The molecule has 0 saturated heterocycles. The number of ether oxygens (including phenoxy) is 1. The highest BCUT2D eigenvalue weighted by molar-refractivity contribution is 9.10. The highest BCUT2D eigenvalue weighted by Gasteiger charge is 2.10. The van der Waals surface area contributed by atoms with E-state index in [9.17, 15) is 0 Å². The van der Waals surface area contributed by atoms with E-state index in [0.29, 0.717) is 0 Å². The molecule has 1 aromatic rings. The Labute approximate surface area is 118 Å². The molecule has 4 heteroatoms. The molecule has 1 rings (SSSR count). The van der Waals surface area contributed by atoms with E-state index in [1.54, 1.807) is 0 Å². The minimum Gasteiger partial charge on any atom is -0.380 e. The van der Waals surface area contributed by atoms with E-state index in [2.05, 4.69) is 46.0 Å². The normalized spacial score (nSPS) is 12.5. The lowest BCUT2D eigenvalue weighted by molar-refractivity contribution is 0.154. The van der Waals surface area contributed by atoms with Crippen LogP contribution in [0.3, 0.4) is 0 Å². The van der Waals surface area contributed by atoms with Gasteiger partial charge in [0.1, 0.15) is 0 Å². The fraction of sp³-hybridized carbons (Fsp3) is 0.571. The monoisotopic (exact) mass is 314 g/mol. The number of hydrogen-bond acceptors (Lipinski definition) is 3. The van der Waals surface area contributed by atoms with Crippen LogP contribution in [0.25, 0.3) is 0 Å². The standard InChI is InChI=1S/C14H23BrN2O/c1-4-17(8-9-18-5-2)14-7-6-12(11(3)16)10-13(14)15/h6-7,10-11H,4-5,8-9,16H2,1-3H3/t11-/m0/s1. The molecule has 0 aromatic heterocycles. The van der Waals surface area contributed by atoms with Crippen molar-refractivity contribution in [1.29, 1.82) is 0 Å². The number of nitrogens with zero attached hydrogens (tertiary/aromatic N) is 1. The molecule has 0 saturated carbocycles. The Balaban J connectivity index is 2.79. The number of halogens is 1. The molecule has 1 aromatic carbocycles. The molecule has 0 spiro atoms. The lowest BCUT2D eigenvalue weighted by Gasteiger charge is -2.25. The van der Waals surface area contributed by atoms with E-state index in [0.717, 1.165) is 36.3 Å². The molecule has 0 aliphatic heterocycles. The van der Waals surface area contributed by atoms with Gasteiger partial charge < -0.3 is 15.4 Å². The molecule has 3 nitrogen and oxygen atoms in total. The van der Waals surface area contributed by atoms with Crippen LogP contribution < -0.4 is 10.6 Å². The smallest absolute Gasteiger partial charge is 0.0641 e. The van der Waals surface area contributed by atoms with Crippen LogP contribution in [0.4, 0.5) is 5.69 Å². The van der Waals surface area contributed by atoms with Crippen molar-refractivity contribution in [2.45, 2.75) is 26.8 Å². The largest absolute Gasteiger partial charge is 0.380 e. The van der Waals surface area contributed by atoms with Gasteiger partial charge in [0, 0.05) is 30.2 Å². The molecule has 0 bridgehead atoms. The fourth-order valence-electron chi connectivity index (χ4n) is 1.83. The summed E-state index contributed by atoms with van der Waals surface area (Å²) in [6.45, 7) is 9.55. The summed E-state index contributed by atoms with van der Waals surface area (Å²) in [5.74, 6) is 0. The van der Waals surface area contributed by atoms with Gasteiger partial charge in [0.05, 0.1) is 12.3 Å². The first-order valence-electron chi connectivity index (χ1n) is 6.47. The maximum absolute atomic E-state index is 5.89. The Morgan fingerprint density at radius 1 is 1.39 bits per heavy atom. The quantitative estimate of drug-likeness (QED) is 0.784. The fourth-order valence-corrected chi connectivity index (χ4v) is 2.48. The lowest BCUT2D eigenvalue weighted by Crippen LogP contribution is -2.27. The number of nitrogens with two attached hydrogens (primary N) is 1. The first kappa shape index (κ1) is 15.5. The average Bonchev–Trinajstić information content (AvgIpc) is 2.35. The van der Waals surface area contributed by atoms with Gasteiger partial charge in [0.25, 0.3) is 0 Å². The maximum atomic E-state index is 5.89. The topological polar surface area (TPSA) is 38.5 Å². The van der Waals surface area contributed by atoms with Crippen molar-refractivity contribution in [3.05, 3.63) is 28.2 Å². The molecule has 1 atom stereocenters. The summed E-state index contributed by atoms with van der Waals surface area (Å²) >= 11 is 3.63. The van der Waals surface area contributed by atoms with Crippen molar-refractivity contribution in [1.82, 2.24) is 0 Å². The van der Waals surface area contributed by atoms with Crippen LogP contribution >= 0.6 is 15.9 Å². The van der Waals surface area contributed by atoms with Crippen LogP contribution in [-0.4, -0.2) is 26.3 Å². The number of benzene rings is 1. The van der Waals surface area contributed by atoms with Crippen molar-refractivity contribution in [2.75, 3.05) is 31.2 Å². The summed E-state index contributed by atoms with van der Waals surface area (Å²) in [5.41, 5.74) is 8.23. The van der Waals surface area contributed by atoms with Gasteiger partial charge in [0.15, 0.2) is 0 Å². The van der Waals surface area contributed by atoms with Crippen LogP contribution in [-0.2, 0) is 4.74 Å². The summed E-state index contributed by atoms with van der Waals surface area (Å²) in [5, 5.41) is 0. The van der Waals surface area contributed by atoms with Crippen molar-refractivity contribution in [3.8, 4) is 0 Å². The summed E-state index contributed by atoms with van der Waals surface area (Å²) in [6.07, 6.45) is 0. The predicted octanol–water partition coefficient (Wildman–Crippen LogP) is 3.33. The molecule has 0 fully saturated rings. The number of anilines is 1. The Kier molecular flexibility index (Phi) is 6.68. The molecule has 0 unspecified atom stereocenters. The zero-order valence-electron chi connectivity index (χ0n) is 11.4. The van der Waals surface area contributed by atoms with E-state index in [-0.39, 0.29) is 6.04 Å². The average molecular weight is 315 g/mol. The Bertz CT molecular complexity index is 369. The number of likely N-dealkylation sites (N-methyl/N-ethyl adjacent to an activating group) is 1. The third-order valence-electron chi connectivity index (χ3n) is 2.93. The van der Waals surface area contributed by atoms with Crippen LogP contribution in [0.5, 0.6) is 0 Å². The van der Waals surface area contributed by atoms with Gasteiger partial charge >= 0.3 is 0 Å². The second-order valence-electron chi connectivity index (χ2n) is 4.28. The van der Waals surface area contributed by atoms with E-state index in [1.165, 1.54) is 5.69 Å². The highest BCUT2D eigenvalue weighted by atomic mass is 79.9. The van der Waals surface area contributed by atoms with Crippen LogP contribution in [0.2, 0.25) is 0 Å². The minimum atomic E-state index is 0.0638. The summed E-state index contributed by atoms with van der Waals surface area (Å²) in [4.78, 5) is 2.30. The second-order valence-corrected chi connectivity index (χ2v) is 5.13. The van der Waals surface area contributed by atoms with Gasteiger partial charge in [-0.1, -0.05) is 6.07 Å². The van der Waals surface area contributed by atoms with Crippen molar-refractivity contribution >= 4 is 21.6 Å². The first-order chi connectivity index (χ1) is 8.60. The van der Waals surface area contributed by atoms with Crippen LogP contribution in [0, 0.1) is 0 Å². The predicted molar refractivity (Wildman–Crippen MR) is 81.1 cm³/mol. The van der Waals surface area contributed by atoms with Gasteiger partial charge in [-0.15, -0.1) is 0 Å². The van der Waals surface area contributed by atoms with E-state index >= 15 is 0 Å². The third kappa shape index (κ3) is 4.26. The van der Waals surface area contributed by atoms with E-state index in [1.807, 2.05) is 13.8 Å². The summed E-state index contributed by atoms with van der Waals surface area (Å²) < 4.78 is 6.51. The molecule has 102 valence electrons. The van der Waals surface area contributed by atoms with Crippen molar-refractivity contribution in [3.63, 3.8) is 0 Å². The zero-order valence-corrected chi connectivity index (χ0v) is 13.0. The van der Waals surface area contributed by atoms with Gasteiger partial charge in [0.2, 0.25) is 0 Å². The summed E-state index contributed by atoms with van der Waals surface area (Å²) in [7, 11) is 0. The SMILES string of the molecule is CCOCCN(CC)c1ccc([C@H](C)N)cc1Br. The Morgan fingerprint density at radius 2 is 2.11 bits per heavy atom. The lowest BCUT2D eigenvalue weighted by atomic mass is 10.1. The third-order valence-corrected chi connectivity index (χ3v) is 3.56. The Morgan fingerprint density at radius 3 is 2.61 bits per heavy atom. The Hall–Kier alpha value is -0.580. The zero-order chi connectivity index (χ0) is 13.5. The molecule has 2 N–H and O–H groups in total. The molecule has 18 heavy (non-hydrogen) atoms. The van der Waals surface area contributed by atoms with E-state index in [4.69, 9.17) is 10.5 Å². The van der Waals surface area contributed by atoms with Crippen molar-refractivity contribution < 1.29 is 4.74 Å². The molecular weight excluding hydrogens is 292 g/mol. The van der Waals surface area contributed by atoms with Gasteiger partial charge in [-0.3, -0.25) is 0 Å². The second kappa shape index (κ2) is 7.77. The van der Waals surface area contributed by atoms with Crippen LogP contribution in [0.15, 0.2) is 22.7 Å². The summed E-state index contributed by atoms with van der Waals surface area (Å²) in [6, 6.07) is 6.38.